The normalized spacial score (nSPS) is 27.5. The molecule has 0 N–H and O–H groups in total. The topological polar surface area (TPSA) is 23.6 Å². The van der Waals surface area contributed by atoms with Gasteiger partial charge < -0.3 is 0 Å². The second kappa shape index (κ2) is 5.62. The van der Waals surface area contributed by atoms with Crippen molar-refractivity contribution in [1.82, 2.24) is 9.80 Å². The molecular weight excluding hydrogens is 255 g/mol. The number of benzene rings is 1. The average molecular weight is 276 g/mol. The fourth-order valence-corrected chi connectivity index (χ4v) is 3.43. The van der Waals surface area contributed by atoms with Gasteiger partial charge in [0.2, 0.25) is 0 Å². The van der Waals surface area contributed by atoms with E-state index in [1.165, 1.54) is 25.5 Å². The Labute approximate surface area is 119 Å². The van der Waals surface area contributed by atoms with E-state index in [1.807, 2.05) is 0 Å². The highest BCUT2D eigenvalue weighted by Crippen LogP contribution is 2.24. The van der Waals surface area contributed by atoms with Crippen LogP contribution in [-0.4, -0.2) is 53.8 Å². The van der Waals surface area contributed by atoms with Gasteiger partial charge in [0.1, 0.15) is 5.82 Å². The maximum atomic E-state index is 13.7. The van der Waals surface area contributed by atoms with Gasteiger partial charge in [0, 0.05) is 25.2 Å². The molecule has 0 amide bonds. The lowest BCUT2D eigenvalue weighted by molar-refractivity contribution is 0.0533. The maximum Gasteiger partial charge on any atom is 0.179 e. The molecule has 0 radical (unpaired) electrons. The monoisotopic (exact) mass is 276 g/mol. The Morgan fingerprint density at radius 1 is 1.35 bits per heavy atom. The summed E-state index contributed by atoms with van der Waals surface area (Å²) in [5.74, 6) is -0.522. The fraction of sp³-hybridized carbons (Fsp3) is 0.562. The standard InChI is InChI=1S/C16H21FN2O/c1-12-9-18-8-4-5-13(18)10-19(12)11-16(20)14-6-2-3-7-15(14)17/h2-3,6-7,12-13H,4-5,8-11H2,1H3. The number of Topliss-reactive ketones (excluding diaryl/α,β-unsaturated/α-hetero) is 1. The molecule has 2 unspecified atom stereocenters. The first-order valence-electron chi connectivity index (χ1n) is 7.41. The molecule has 0 aromatic heterocycles. The van der Waals surface area contributed by atoms with E-state index in [9.17, 15) is 9.18 Å². The number of nitrogens with zero attached hydrogens (tertiary/aromatic N) is 2. The number of piperazine rings is 1. The van der Waals surface area contributed by atoms with Gasteiger partial charge in [-0.15, -0.1) is 0 Å². The van der Waals surface area contributed by atoms with Crippen LogP contribution >= 0.6 is 0 Å². The lowest BCUT2D eigenvalue weighted by Gasteiger charge is -2.42. The van der Waals surface area contributed by atoms with Crippen LogP contribution < -0.4 is 0 Å². The van der Waals surface area contributed by atoms with E-state index in [0.717, 1.165) is 13.1 Å². The number of hydrogen-bond acceptors (Lipinski definition) is 3. The predicted octanol–water partition coefficient (Wildman–Crippen LogP) is 2.18. The van der Waals surface area contributed by atoms with Crippen molar-refractivity contribution in [3.8, 4) is 0 Å². The third-order valence-electron chi connectivity index (χ3n) is 4.59. The minimum atomic E-state index is -0.412. The summed E-state index contributed by atoms with van der Waals surface area (Å²) in [6, 6.07) is 7.21. The molecule has 2 atom stereocenters. The quantitative estimate of drug-likeness (QED) is 0.791. The Kier molecular flexibility index (Phi) is 3.85. The highest BCUT2D eigenvalue weighted by atomic mass is 19.1. The lowest BCUT2D eigenvalue weighted by Crippen LogP contribution is -2.56. The Bertz CT molecular complexity index is 505. The molecule has 20 heavy (non-hydrogen) atoms. The van der Waals surface area contributed by atoms with Crippen molar-refractivity contribution in [3.05, 3.63) is 35.6 Å². The number of fused-ring (bicyclic) bond motifs is 1. The Morgan fingerprint density at radius 3 is 2.95 bits per heavy atom. The van der Waals surface area contributed by atoms with Gasteiger partial charge >= 0.3 is 0 Å². The molecule has 2 heterocycles. The first-order chi connectivity index (χ1) is 9.65. The van der Waals surface area contributed by atoms with Crippen molar-refractivity contribution >= 4 is 5.78 Å². The fourth-order valence-electron chi connectivity index (χ4n) is 3.43. The second-order valence-corrected chi connectivity index (χ2v) is 5.97. The van der Waals surface area contributed by atoms with Gasteiger partial charge in [-0.3, -0.25) is 14.6 Å². The van der Waals surface area contributed by atoms with Crippen molar-refractivity contribution in [3.63, 3.8) is 0 Å². The molecule has 2 aliphatic heterocycles. The van der Waals surface area contributed by atoms with Crippen LogP contribution in [0.1, 0.15) is 30.1 Å². The average Bonchev–Trinajstić information content (AvgIpc) is 2.86. The minimum Gasteiger partial charge on any atom is -0.298 e. The number of rotatable bonds is 3. The summed E-state index contributed by atoms with van der Waals surface area (Å²) in [6.07, 6.45) is 2.48. The zero-order valence-corrected chi connectivity index (χ0v) is 11.9. The van der Waals surface area contributed by atoms with E-state index in [2.05, 4.69) is 16.7 Å². The van der Waals surface area contributed by atoms with E-state index < -0.39 is 5.82 Å². The summed E-state index contributed by atoms with van der Waals surface area (Å²) >= 11 is 0. The third-order valence-corrected chi connectivity index (χ3v) is 4.59. The molecule has 2 fully saturated rings. The van der Waals surface area contributed by atoms with Crippen molar-refractivity contribution < 1.29 is 9.18 Å². The molecular formula is C16H21FN2O. The predicted molar refractivity (Wildman–Crippen MR) is 76.4 cm³/mol. The molecule has 0 saturated carbocycles. The molecule has 2 aliphatic rings. The summed E-state index contributed by atoms with van der Waals surface area (Å²) in [5, 5.41) is 0. The third kappa shape index (κ3) is 2.63. The first-order valence-corrected chi connectivity index (χ1v) is 7.41. The summed E-state index contributed by atoms with van der Waals surface area (Å²) in [6.45, 7) is 5.62. The first kappa shape index (κ1) is 13.7. The number of halogens is 1. The SMILES string of the molecule is CC1CN2CCCC2CN1CC(=O)c1ccccc1F. The molecule has 108 valence electrons. The zero-order chi connectivity index (χ0) is 14.1. The number of ketones is 1. The Balaban J connectivity index is 1.68. The summed E-state index contributed by atoms with van der Waals surface area (Å²) in [4.78, 5) is 17.0. The van der Waals surface area contributed by atoms with Crippen LogP contribution in [0.4, 0.5) is 4.39 Å². The number of hydrogen-bond donors (Lipinski definition) is 0. The van der Waals surface area contributed by atoms with Crippen LogP contribution in [0.2, 0.25) is 0 Å². The molecule has 0 aliphatic carbocycles. The van der Waals surface area contributed by atoms with Crippen LogP contribution in [0.15, 0.2) is 24.3 Å². The van der Waals surface area contributed by atoms with Gasteiger partial charge in [-0.25, -0.2) is 4.39 Å². The molecule has 3 nitrogen and oxygen atoms in total. The van der Waals surface area contributed by atoms with Gasteiger partial charge in [0.05, 0.1) is 12.1 Å². The lowest BCUT2D eigenvalue weighted by atomic mass is 10.1. The minimum absolute atomic E-state index is 0.110. The van der Waals surface area contributed by atoms with Crippen molar-refractivity contribution in [1.29, 1.82) is 0 Å². The summed E-state index contributed by atoms with van der Waals surface area (Å²) in [5.41, 5.74) is 0.216. The summed E-state index contributed by atoms with van der Waals surface area (Å²) in [7, 11) is 0. The molecule has 0 spiro atoms. The van der Waals surface area contributed by atoms with E-state index >= 15 is 0 Å². The van der Waals surface area contributed by atoms with Gasteiger partial charge in [-0.1, -0.05) is 12.1 Å². The van der Waals surface area contributed by atoms with Crippen molar-refractivity contribution in [2.45, 2.75) is 31.8 Å². The van der Waals surface area contributed by atoms with Gasteiger partial charge in [0.25, 0.3) is 0 Å². The number of carbonyl (C=O) groups is 1. The van der Waals surface area contributed by atoms with Crippen LogP contribution in [0.5, 0.6) is 0 Å². The van der Waals surface area contributed by atoms with Crippen LogP contribution in [-0.2, 0) is 0 Å². The van der Waals surface area contributed by atoms with E-state index in [1.54, 1.807) is 18.2 Å². The number of carbonyl (C=O) groups excluding carboxylic acids is 1. The molecule has 3 rings (SSSR count). The highest BCUT2D eigenvalue weighted by molar-refractivity contribution is 5.97. The molecule has 1 aromatic rings. The van der Waals surface area contributed by atoms with E-state index in [4.69, 9.17) is 0 Å². The summed E-state index contributed by atoms with van der Waals surface area (Å²) < 4.78 is 13.7. The second-order valence-electron chi connectivity index (χ2n) is 5.97. The Morgan fingerprint density at radius 2 is 2.15 bits per heavy atom. The molecule has 2 saturated heterocycles. The zero-order valence-electron chi connectivity index (χ0n) is 11.9. The van der Waals surface area contributed by atoms with Crippen molar-refractivity contribution in [2.24, 2.45) is 0 Å². The van der Waals surface area contributed by atoms with Crippen molar-refractivity contribution in [2.75, 3.05) is 26.2 Å². The van der Waals surface area contributed by atoms with E-state index in [-0.39, 0.29) is 11.3 Å². The molecule has 4 heteroatoms. The van der Waals surface area contributed by atoms with Gasteiger partial charge in [-0.05, 0) is 38.4 Å². The highest BCUT2D eigenvalue weighted by Gasteiger charge is 2.35. The van der Waals surface area contributed by atoms with Gasteiger partial charge in [0.15, 0.2) is 5.78 Å². The molecule has 1 aromatic carbocycles. The smallest absolute Gasteiger partial charge is 0.179 e. The largest absolute Gasteiger partial charge is 0.298 e. The van der Waals surface area contributed by atoms with Crippen LogP contribution in [0.3, 0.4) is 0 Å². The molecule has 0 bridgehead atoms. The van der Waals surface area contributed by atoms with Gasteiger partial charge in [-0.2, -0.15) is 0 Å². The Hall–Kier alpha value is -1.26. The maximum absolute atomic E-state index is 13.7. The van der Waals surface area contributed by atoms with Crippen LogP contribution in [0, 0.1) is 5.82 Å². The van der Waals surface area contributed by atoms with Crippen LogP contribution in [0.25, 0.3) is 0 Å². The van der Waals surface area contributed by atoms with E-state index in [0.29, 0.717) is 18.6 Å².